The third kappa shape index (κ3) is 4.25. The lowest BCUT2D eigenvalue weighted by Crippen LogP contribution is -2.49. The number of ether oxygens (including phenoxy) is 2. The number of carbonyl (C=O) groups is 2. The Kier molecular flexibility index (Phi) is 6.28. The van der Waals surface area contributed by atoms with E-state index < -0.39 is 0 Å². The first kappa shape index (κ1) is 22.0. The zero-order chi connectivity index (χ0) is 22.8. The zero-order valence-electron chi connectivity index (χ0n) is 19.0. The van der Waals surface area contributed by atoms with Crippen molar-refractivity contribution in [3.8, 4) is 5.88 Å². The Morgan fingerprint density at radius 3 is 2.69 bits per heavy atom. The van der Waals surface area contributed by atoms with Crippen molar-refractivity contribution in [1.82, 2.24) is 14.5 Å². The van der Waals surface area contributed by atoms with Gasteiger partial charge in [0.25, 0.3) is 5.91 Å². The van der Waals surface area contributed by atoms with Gasteiger partial charge < -0.3 is 18.9 Å². The number of hydrogen-bond acceptors (Lipinski definition) is 5. The molecule has 0 bridgehead atoms. The fourth-order valence-corrected chi connectivity index (χ4v) is 4.26. The topological polar surface area (TPSA) is 73.7 Å². The zero-order valence-corrected chi connectivity index (χ0v) is 19.0. The van der Waals surface area contributed by atoms with Crippen LogP contribution in [0.5, 0.6) is 5.88 Å². The number of pyridine rings is 1. The van der Waals surface area contributed by atoms with E-state index in [0.717, 1.165) is 22.0 Å². The number of aromatic nitrogens is 2. The van der Waals surface area contributed by atoms with Crippen LogP contribution in [0.1, 0.15) is 40.1 Å². The highest BCUT2D eigenvalue weighted by atomic mass is 16.5. The van der Waals surface area contributed by atoms with Gasteiger partial charge in [0.15, 0.2) is 5.78 Å². The summed E-state index contributed by atoms with van der Waals surface area (Å²) in [6.07, 6.45) is 4.28. The molecule has 0 radical (unpaired) electrons. The highest BCUT2D eigenvalue weighted by molar-refractivity contribution is 6.01. The molecule has 32 heavy (non-hydrogen) atoms. The maximum Gasteiger partial charge on any atom is 0.255 e. The summed E-state index contributed by atoms with van der Waals surface area (Å²) >= 11 is 0. The summed E-state index contributed by atoms with van der Waals surface area (Å²) in [5.74, 6) is 0.482. The number of carbonyl (C=O) groups excluding carboxylic acids is 2. The lowest BCUT2D eigenvalue weighted by Gasteiger charge is -2.35. The maximum atomic E-state index is 13.2. The summed E-state index contributed by atoms with van der Waals surface area (Å²) in [5, 5.41) is 1.04. The van der Waals surface area contributed by atoms with Gasteiger partial charge in [-0.2, -0.15) is 0 Å². The predicted molar refractivity (Wildman–Crippen MR) is 122 cm³/mol. The van der Waals surface area contributed by atoms with Crippen molar-refractivity contribution in [2.75, 3.05) is 26.9 Å². The Hall–Kier alpha value is -3.19. The molecule has 7 nitrogen and oxygen atoms in total. The molecule has 1 aliphatic rings. The van der Waals surface area contributed by atoms with Gasteiger partial charge in [0.2, 0.25) is 5.88 Å². The number of methoxy groups -OCH3 is 1. The molecule has 7 heteroatoms. The van der Waals surface area contributed by atoms with Crippen molar-refractivity contribution in [3.05, 3.63) is 59.4 Å². The Labute approximate surface area is 187 Å². The van der Waals surface area contributed by atoms with Crippen LogP contribution in [0.4, 0.5) is 0 Å². The van der Waals surface area contributed by atoms with Crippen LogP contribution < -0.4 is 4.74 Å². The van der Waals surface area contributed by atoms with Gasteiger partial charge in [-0.05, 0) is 36.2 Å². The summed E-state index contributed by atoms with van der Waals surface area (Å²) < 4.78 is 12.9. The van der Waals surface area contributed by atoms with E-state index in [9.17, 15) is 9.59 Å². The van der Waals surface area contributed by atoms with Gasteiger partial charge in [0, 0.05) is 54.4 Å². The first-order valence-corrected chi connectivity index (χ1v) is 10.9. The van der Waals surface area contributed by atoms with Crippen LogP contribution in [0.3, 0.4) is 0 Å². The SMILES string of the molecule is COc1ccc(C(=O)N2CCOCC2Cc2cn(C)c3ccc(C(=O)C(C)C)cc23)cn1. The van der Waals surface area contributed by atoms with E-state index in [1.165, 1.54) is 0 Å². The van der Waals surface area contributed by atoms with Crippen LogP contribution in [0, 0.1) is 5.92 Å². The Morgan fingerprint density at radius 2 is 2.00 bits per heavy atom. The van der Waals surface area contributed by atoms with Crippen LogP contribution in [0.2, 0.25) is 0 Å². The number of hydrogen-bond donors (Lipinski definition) is 0. The molecule has 1 saturated heterocycles. The predicted octanol–water partition coefficient (Wildman–Crippen LogP) is 3.50. The number of rotatable bonds is 6. The minimum atomic E-state index is -0.103. The lowest BCUT2D eigenvalue weighted by molar-refractivity contribution is -0.00158. The third-order valence-corrected chi connectivity index (χ3v) is 6.02. The molecule has 2 aromatic heterocycles. The molecule has 1 unspecified atom stereocenters. The molecule has 1 amide bonds. The van der Waals surface area contributed by atoms with Crippen LogP contribution in [0.15, 0.2) is 42.7 Å². The van der Waals surface area contributed by atoms with Crippen LogP contribution in [-0.2, 0) is 18.2 Å². The summed E-state index contributed by atoms with van der Waals surface area (Å²) in [4.78, 5) is 31.8. The average Bonchev–Trinajstić information content (AvgIpc) is 3.13. The molecule has 4 rings (SSSR count). The smallest absolute Gasteiger partial charge is 0.255 e. The molecule has 168 valence electrons. The van der Waals surface area contributed by atoms with E-state index >= 15 is 0 Å². The Bertz CT molecular complexity index is 1130. The number of nitrogens with zero attached hydrogens (tertiary/aromatic N) is 3. The van der Waals surface area contributed by atoms with Gasteiger partial charge in [-0.1, -0.05) is 13.8 Å². The van der Waals surface area contributed by atoms with E-state index in [-0.39, 0.29) is 23.7 Å². The van der Waals surface area contributed by atoms with Gasteiger partial charge in [-0.15, -0.1) is 0 Å². The van der Waals surface area contributed by atoms with Crippen LogP contribution >= 0.6 is 0 Å². The first-order valence-electron chi connectivity index (χ1n) is 10.9. The van der Waals surface area contributed by atoms with Gasteiger partial charge in [-0.25, -0.2) is 4.98 Å². The number of aryl methyl sites for hydroxylation is 1. The highest BCUT2D eigenvalue weighted by Gasteiger charge is 2.29. The van der Waals surface area contributed by atoms with E-state index in [2.05, 4.69) is 15.7 Å². The van der Waals surface area contributed by atoms with Crippen LogP contribution in [0.25, 0.3) is 10.9 Å². The van der Waals surface area contributed by atoms with Crippen molar-refractivity contribution >= 4 is 22.6 Å². The van der Waals surface area contributed by atoms with Crippen molar-refractivity contribution in [2.45, 2.75) is 26.3 Å². The molecule has 1 aliphatic heterocycles. The first-order chi connectivity index (χ1) is 15.4. The van der Waals surface area contributed by atoms with Crippen molar-refractivity contribution in [2.24, 2.45) is 13.0 Å². The molecule has 0 saturated carbocycles. The quantitative estimate of drug-likeness (QED) is 0.554. The van der Waals surface area contributed by atoms with Gasteiger partial charge in [-0.3, -0.25) is 9.59 Å². The molecule has 3 heterocycles. The molecule has 1 aromatic carbocycles. The fraction of sp³-hybridized carbons (Fsp3) is 0.400. The molecule has 0 N–H and O–H groups in total. The average molecular weight is 436 g/mol. The highest BCUT2D eigenvalue weighted by Crippen LogP contribution is 2.27. The molecule has 1 fully saturated rings. The largest absolute Gasteiger partial charge is 0.481 e. The molecule has 0 spiro atoms. The number of Topliss-reactive ketones (excluding diaryl/α,β-unsaturated/α-hetero) is 1. The molecular weight excluding hydrogens is 406 g/mol. The normalized spacial score (nSPS) is 16.5. The minimum Gasteiger partial charge on any atom is -0.481 e. The number of amides is 1. The second kappa shape index (κ2) is 9.12. The molecule has 3 aromatic rings. The fourth-order valence-electron chi connectivity index (χ4n) is 4.26. The number of fused-ring (bicyclic) bond motifs is 1. The summed E-state index contributed by atoms with van der Waals surface area (Å²) in [5.41, 5.74) is 3.41. The van der Waals surface area contributed by atoms with Crippen molar-refractivity contribution < 1.29 is 19.1 Å². The standard InChI is InChI=1S/C25H29N3O4/c1-16(2)24(29)17-5-7-22-21(12-17)19(14-27(22)3)11-20-15-32-10-9-28(20)25(30)18-6-8-23(31-4)26-13-18/h5-8,12-14,16,20H,9-11,15H2,1-4H3. The van der Waals surface area contributed by atoms with Crippen molar-refractivity contribution in [1.29, 1.82) is 0 Å². The molecule has 0 aliphatic carbocycles. The second-order valence-electron chi connectivity index (χ2n) is 8.54. The number of benzene rings is 1. The number of morpholine rings is 1. The van der Waals surface area contributed by atoms with E-state index in [1.807, 2.05) is 44.0 Å². The summed E-state index contributed by atoms with van der Waals surface area (Å²) in [6.45, 7) is 5.33. The van der Waals surface area contributed by atoms with Gasteiger partial charge >= 0.3 is 0 Å². The summed E-state index contributed by atoms with van der Waals surface area (Å²) in [6, 6.07) is 9.20. The van der Waals surface area contributed by atoms with E-state index in [0.29, 0.717) is 37.6 Å². The minimum absolute atomic E-state index is 0.0578. The van der Waals surface area contributed by atoms with E-state index in [1.54, 1.807) is 25.4 Å². The van der Waals surface area contributed by atoms with Gasteiger partial charge in [0.1, 0.15) is 0 Å². The third-order valence-electron chi connectivity index (χ3n) is 6.02. The lowest BCUT2D eigenvalue weighted by atomic mass is 9.97. The molecular formula is C25H29N3O4. The monoisotopic (exact) mass is 435 g/mol. The van der Waals surface area contributed by atoms with E-state index in [4.69, 9.17) is 9.47 Å². The summed E-state index contributed by atoms with van der Waals surface area (Å²) in [7, 11) is 3.55. The molecule has 1 atom stereocenters. The Balaban J connectivity index is 1.63. The van der Waals surface area contributed by atoms with Gasteiger partial charge in [0.05, 0.1) is 31.9 Å². The van der Waals surface area contributed by atoms with Crippen molar-refractivity contribution in [3.63, 3.8) is 0 Å². The van der Waals surface area contributed by atoms with Crippen LogP contribution in [-0.4, -0.2) is 59.1 Å². The second-order valence-corrected chi connectivity index (χ2v) is 8.54. The maximum absolute atomic E-state index is 13.2. The number of ketones is 1. The Morgan fingerprint density at radius 1 is 1.22 bits per heavy atom.